The Balaban J connectivity index is 2.16. The minimum absolute atomic E-state index is 0.436. The van der Waals surface area contributed by atoms with Crippen molar-refractivity contribution in [3.63, 3.8) is 0 Å². The lowest BCUT2D eigenvalue weighted by Crippen LogP contribution is -2.54. The van der Waals surface area contributed by atoms with E-state index in [9.17, 15) is 0 Å². The van der Waals surface area contributed by atoms with E-state index in [0.29, 0.717) is 12.6 Å². The molecule has 0 spiro atoms. The molecule has 0 aromatic carbocycles. The van der Waals surface area contributed by atoms with Gasteiger partial charge in [0.05, 0.1) is 15.9 Å². The minimum atomic E-state index is 0.436. The van der Waals surface area contributed by atoms with Crippen LogP contribution in [0.15, 0.2) is 4.47 Å². The second-order valence-corrected chi connectivity index (χ2v) is 6.08. The van der Waals surface area contributed by atoms with Crippen molar-refractivity contribution in [3.8, 4) is 0 Å². The Morgan fingerprint density at radius 2 is 2.16 bits per heavy atom. The van der Waals surface area contributed by atoms with Crippen LogP contribution in [-0.4, -0.2) is 58.8 Å². The van der Waals surface area contributed by atoms with Crippen LogP contribution < -0.4 is 5.73 Å². The average molecular weight is 330 g/mol. The summed E-state index contributed by atoms with van der Waals surface area (Å²) in [4.78, 5) is 4.83. The maximum Gasteiger partial charge on any atom is 0.0739 e. The lowest BCUT2D eigenvalue weighted by Gasteiger charge is -2.39. The van der Waals surface area contributed by atoms with E-state index in [-0.39, 0.29) is 0 Å². The standard InChI is InChI=1S/C13H24BrN5/c1-4-19-12(13(14)10(2)16-19)9-18-6-5-17(3)8-11(18)7-15/h11H,4-9,15H2,1-3H3. The van der Waals surface area contributed by atoms with Gasteiger partial charge >= 0.3 is 0 Å². The van der Waals surface area contributed by atoms with Crippen molar-refractivity contribution in [1.29, 1.82) is 0 Å². The Bertz CT molecular complexity index is 431. The zero-order valence-electron chi connectivity index (χ0n) is 12.1. The smallest absolute Gasteiger partial charge is 0.0739 e. The summed E-state index contributed by atoms with van der Waals surface area (Å²) < 4.78 is 3.23. The molecule has 0 saturated carbocycles. The molecular formula is C13H24BrN5. The summed E-state index contributed by atoms with van der Waals surface area (Å²) in [7, 11) is 2.16. The molecule has 1 aromatic heterocycles. The molecule has 1 aliphatic rings. The largest absolute Gasteiger partial charge is 0.329 e. The van der Waals surface area contributed by atoms with Gasteiger partial charge in [-0.15, -0.1) is 0 Å². The van der Waals surface area contributed by atoms with E-state index in [1.54, 1.807) is 0 Å². The number of hydrogen-bond acceptors (Lipinski definition) is 4. The Morgan fingerprint density at radius 1 is 1.42 bits per heavy atom. The zero-order valence-corrected chi connectivity index (χ0v) is 13.7. The third kappa shape index (κ3) is 3.18. The molecule has 1 saturated heterocycles. The van der Waals surface area contributed by atoms with Crippen molar-refractivity contribution in [1.82, 2.24) is 19.6 Å². The van der Waals surface area contributed by atoms with Gasteiger partial charge in [0.25, 0.3) is 0 Å². The van der Waals surface area contributed by atoms with Gasteiger partial charge in [-0.1, -0.05) is 0 Å². The molecule has 1 aromatic rings. The lowest BCUT2D eigenvalue weighted by molar-refractivity contribution is 0.0855. The van der Waals surface area contributed by atoms with Crippen LogP contribution in [0.4, 0.5) is 0 Å². The quantitative estimate of drug-likeness (QED) is 0.897. The van der Waals surface area contributed by atoms with Crippen molar-refractivity contribution in [2.75, 3.05) is 33.2 Å². The van der Waals surface area contributed by atoms with Gasteiger partial charge in [0, 0.05) is 45.3 Å². The van der Waals surface area contributed by atoms with E-state index in [2.05, 4.69) is 49.5 Å². The Hall–Kier alpha value is -0.430. The molecule has 0 bridgehead atoms. The SMILES string of the molecule is CCn1nc(C)c(Br)c1CN1CCN(C)CC1CN. The summed E-state index contributed by atoms with van der Waals surface area (Å²) in [5.74, 6) is 0. The van der Waals surface area contributed by atoms with E-state index >= 15 is 0 Å². The average Bonchev–Trinajstić information content (AvgIpc) is 2.68. The van der Waals surface area contributed by atoms with Crippen LogP contribution in [0.25, 0.3) is 0 Å². The predicted molar refractivity (Wildman–Crippen MR) is 81.1 cm³/mol. The first kappa shape index (κ1) is 15.0. The molecule has 0 radical (unpaired) electrons. The summed E-state index contributed by atoms with van der Waals surface area (Å²) in [5.41, 5.74) is 8.25. The molecule has 6 heteroatoms. The maximum absolute atomic E-state index is 5.92. The maximum atomic E-state index is 5.92. The Morgan fingerprint density at radius 3 is 2.79 bits per heavy atom. The topological polar surface area (TPSA) is 50.3 Å². The van der Waals surface area contributed by atoms with Crippen LogP contribution >= 0.6 is 15.9 Å². The van der Waals surface area contributed by atoms with Gasteiger partial charge in [0.2, 0.25) is 0 Å². The van der Waals surface area contributed by atoms with E-state index in [0.717, 1.165) is 42.9 Å². The second kappa shape index (κ2) is 6.35. The van der Waals surface area contributed by atoms with Crippen LogP contribution in [0.1, 0.15) is 18.3 Å². The van der Waals surface area contributed by atoms with Crippen molar-refractivity contribution >= 4 is 15.9 Å². The van der Waals surface area contributed by atoms with Gasteiger partial charge in [-0.25, -0.2) is 0 Å². The molecule has 5 nitrogen and oxygen atoms in total. The second-order valence-electron chi connectivity index (χ2n) is 5.28. The van der Waals surface area contributed by atoms with E-state index in [4.69, 9.17) is 5.73 Å². The summed E-state index contributed by atoms with van der Waals surface area (Å²) in [6.45, 7) is 9.94. The summed E-state index contributed by atoms with van der Waals surface area (Å²) >= 11 is 3.67. The highest BCUT2D eigenvalue weighted by molar-refractivity contribution is 9.10. The van der Waals surface area contributed by atoms with E-state index in [1.165, 1.54) is 5.69 Å². The molecule has 1 fully saturated rings. The van der Waals surface area contributed by atoms with Crippen molar-refractivity contribution in [2.24, 2.45) is 5.73 Å². The highest BCUT2D eigenvalue weighted by Gasteiger charge is 2.26. The molecule has 2 heterocycles. The highest BCUT2D eigenvalue weighted by atomic mass is 79.9. The third-order valence-corrected chi connectivity index (χ3v) is 4.92. The molecule has 0 amide bonds. The third-order valence-electron chi connectivity index (χ3n) is 3.89. The van der Waals surface area contributed by atoms with Crippen LogP contribution in [0.5, 0.6) is 0 Å². The molecule has 1 atom stereocenters. The number of likely N-dealkylation sites (N-methyl/N-ethyl adjacent to an activating group) is 1. The molecule has 1 aliphatic heterocycles. The summed E-state index contributed by atoms with van der Waals surface area (Å²) in [6.07, 6.45) is 0. The normalized spacial score (nSPS) is 22.1. The number of halogens is 1. The molecule has 108 valence electrons. The molecule has 1 unspecified atom stereocenters. The van der Waals surface area contributed by atoms with Gasteiger partial charge in [-0.2, -0.15) is 5.10 Å². The van der Waals surface area contributed by atoms with Gasteiger partial charge in [0.15, 0.2) is 0 Å². The predicted octanol–water partition coefficient (Wildman–Crippen LogP) is 1.05. The van der Waals surface area contributed by atoms with Gasteiger partial charge in [0.1, 0.15) is 0 Å². The minimum Gasteiger partial charge on any atom is -0.329 e. The summed E-state index contributed by atoms with van der Waals surface area (Å²) in [6, 6.07) is 0.436. The fourth-order valence-electron chi connectivity index (χ4n) is 2.69. The first-order valence-electron chi connectivity index (χ1n) is 6.91. The Labute approximate surface area is 123 Å². The van der Waals surface area contributed by atoms with Crippen molar-refractivity contribution in [2.45, 2.75) is 33.0 Å². The van der Waals surface area contributed by atoms with Crippen molar-refractivity contribution < 1.29 is 0 Å². The van der Waals surface area contributed by atoms with Crippen LogP contribution in [0, 0.1) is 6.92 Å². The highest BCUT2D eigenvalue weighted by Crippen LogP contribution is 2.24. The van der Waals surface area contributed by atoms with E-state index < -0.39 is 0 Å². The van der Waals surface area contributed by atoms with Crippen LogP contribution in [0.2, 0.25) is 0 Å². The number of nitrogens with two attached hydrogens (primary N) is 1. The number of aromatic nitrogens is 2. The first-order valence-corrected chi connectivity index (χ1v) is 7.70. The molecule has 0 aliphatic carbocycles. The molecule has 2 rings (SSSR count). The number of nitrogens with zero attached hydrogens (tertiary/aromatic N) is 4. The molecule has 2 N–H and O–H groups in total. The monoisotopic (exact) mass is 329 g/mol. The summed E-state index contributed by atoms with van der Waals surface area (Å²) in [5, 5.41) is 4.56. The van der Waals surface area contributed by atoms with Gasteiger partial charge in [-0.3, -0.25) is 9.58 Å². The number of hydrogen-bond donors (Lipinski definition) is 1. The molecule has 19 heavy (non-hydrogen) atoms. The van der Waals surface area contributed by atoms with Gasteiger partial charge in [-0.05, 0) is 36.8 Å². The molecular weight excluding hydrogens is 306 g/mol. The number of aryl methyl sites for hydroxylation is 2. The first-order chi connectivity index (χ1) is 9.06. The zero-order chi connectivity index (χ0) is 14.0. The number of piperazine rings is 1. The van der Waals surface area contributed by atoms with Gasteiger partial charge < -0.3 is 10.6 Å². The van der Waals surface area contributed by atoms with E-state index in [1.807, 2.05) is 6.92 Å². The van der Waals surface area contributed by atoms with Crippen LogP contribution in [-0.2, 0) is 13.1 Å². The fraction of sp³-hybridized carbons (Fsp3) is 0.769. The Kier molecular flexibility index (Phi) is 5.00. The van der Waals surface area contributed by atoms with Crippen LogP contribution in [0.3, 0.4) is 0 Å². The fourth-order valence-corrected chi connectivity index (χ4v) is 3.10. The lowest BCUT2D eigenvalue weighted by atomic mass is 10.1. The number of rotatable bonds is 4. The van der Waals surface area contributed by atoms with Crippen molar-refractivity contribution in [3.05, 3.63) is 15.9 Å².